The van der Waals surface area contributed by atoms with Crippen LogP contribution >= 0.6 is 11.8 Å². The lowest BCUT2D eigenvalue weighted by atomic mass is 10.1. The van der Waals surface area contributed by atoms with Crippen molar-refractivity contribution >= 4 is 11.8 Å². The van der Waals surface area contributed by atoms with E-state index in [1.54, 1.807) is 41.9 Å². The van der Waals surface area contributed by atoms with Gasteiger partial charge in [-0.1, -0.05) is 0 Å². The van der Waals surface area contributed by atoms with Gasteiger partial charge in [-0.3, -0.25) is 4.68 Å². The van der Waals surface area contributed by atoms with Crippen LogP contribution in [0.15, 0.2) is 18.3 Å². The monoisotopic (exact) mass is 309 g/mol. The van der Waals surface area contributed by atoms with Gasteiger partial charge in [0.15, 0.2) is 5.75 Å². The summed E-state index contributed by atoms with van der Waals surface area (Å²) in [7, 11) is 3.49. The maximum atomic E-state index is 9.82. The van der Waals surface area contributed by atoms with Gasteiger partial charge in [0.1, 0.15) is 0 Å². The molecule has 0 saturated carbocycles. The molecule has 21 heavy (non-hydrogen) atoms. The molecule has 7 heteroatoms. The van der Waals surface area contributed by atoms with Gasteiger partial charge in [-0.25, -0.2) is 4.98 Å². The molecule has 0 aromatic carbocycles. The predicted octanol–water partition coefficient (Wildman–Crippen LogP) is 2.08. The van der Waals surface area contributed by atoms with Crippen LogP contribution in [0.4, 0.5) is 0 Å². The summed E-state index contributed by atoms with van der Waals surface area (Å²) in [5.41, 5.74) is 2.49. The minimum atomic E-state index is 0.0389. The third-order valence-corrected chi connectivity index (χ3v) is 3.56. The van der Waals surface area contributed by atoms with Gasteiger partial charge >= 0.3 is 0 Å². The Labute approximate surface area is 128 Å². The van der Waals surface area contributed by atoms with E-state index >= 15 is 0 Å². The summed E-state index contributed by atoms with van der Waals surface area (Å²) in [6, 6.07) is 3.33. The third-order valence-electron chi connectivity index (χ3n) is 2.99. The molecule has 0 aliphatic heterocycles. The minimum Gasteiger partial charge on any atom is -0.503 e. The first-order valence-corrected chi connectivity index (χ1v) is 7.88. The van der Waals surface area contributed by atoms with Gasteiger partial charge in [0.05, 0.1) is 30.8 Å². The van der Waals surface area contributed by atoms with Crippen LogP contribution in [0, 0.1) is 0 Å². The zero-order chi connectivity index (χ0) is 15.2. The fourth-order valence-electron chi connectivity index (χ4n) is 1.90. The highest BCUT2D eigenvalue weighted by Crippen LogP contribution is 2.29. The largest absolute Gasteiger partial charge is 0.503 e. The Bertz CT molecular complexity index is 601. The normalized spacial score (nSPS) is 10.8. The van der Waals surface area contributed by atoms with Gasteiger partial charge in [0.25, 0.3) is 5.88 Å². The zero-order valence-corrected chi connectivity index (χ0v) is 13.2. The highest BCUT2D eigenvalue weighted by molar-refractivity contribution is 7.98. The smallest absolute Gasteiger partial charge is 0.257 e. The molecule has 1 N–H and O–H groups in total. The third kappa shape index (κ3) is 3.68. The van der Waals surface area contributed by atoms with Crippen molar-refractivity contribution in [2.45, 2.75) is 6.61 Å². The number of rotatable bonds is 7. The molecule has 114 valence electrons. The molecular formula is C14H19N3O3S. The predicted molar refractivity (Wildman–Crippen MR) is 82.7 cm³/mol. The number of methoxy groups -OCH3 is 1. The second-order valence-corrected chi connectivity index (χ2v) is 5.41. The van der Waals surface area contributed by atoms with Crippen molar-refractivity contribution in [1.82, 2.24) is 14.8 Å². The number of aromatic hydroxyl groups is 1. The van der Waals surface area contributed by atoms with Gasteiger partial charge in [0, 0.05) is 25.5 Å². The molecule has 0 radical (unpaired) electrons. The molecule has 0 amide bonds. The van der Waals surface area contributed by atoms with E-state index in [4.69, 9.17) is 9.47 Å². The lowest BCUT2D eigenvalue weighted by molar-refractivity contribution is 0.178. The van der Waals surface area contributed by atoms with E-state index in [-0.39, 0.29) is 11.6 Å². The van der Waals surface area contributed by atoms with Gasteiger partial charge in [-0.05, 0) is 18.4 Å². The lowest BCUT2D eigenvalue weighted by Crippen LogP contribution is -2.03. The number of thioether (sulfide) groups is 1. The fourth-order valence-corrected chi connectivity index (χ4v) is 2.15. The van der Waals surface area contributed by atoms with E-state index < -0.39 is 0 Å². The fraction of sp³-hybridized carbons (Fsp3) is 0.429. The van der Waals surface area contributed by atoms with Crippen molar-refractivity contribution in [3.05, 3.63) is 24.0 Å². The summed E-state index contributed by atoms with van der Waals surface area (Å²) in [5, 5.41) is 14.0. The average molecular weight is 309 g/mol. The number of aromatic nitrogens is 3. The maximum Gasteiger partial charge on any atom is 0.257 e. The Morgan fingerprint density at radius 3 is 2.90 bits per heavy atom. The van der Waals surface area contributed by atoms with Crippen LogP contribution in [0.5, 0.6) is 11.6 Å². The number of pyridine rings is 1. The molecular weight excluding hydrogens is 290 g/mol. The Morgan fingerprint density at radius 1 is 1.38 bits per heavy atom. The average Bonchev–Trinajstić information content (AvgIpc) is 2.83. The van der Waals surface area contributed by atoms with E-state index in [0.717, 1.165) is 17.0 Å². The quantitative estimate of drug-likeness (QED) is 0.790. The van der Waals surface area contributed by atoms with Crippen molar-refractivity contribution in [3.8, 4) is 22.9 Å². The highest BCUT2D eigenvalue weighted by Gasteiger charge is 2.14. The molecule has 6 nitrogen and oxygen atoms in total. The second-order valence-electron chi connectivity index (χ2n) is 4.42. The van der Waals surface area contributed by atoms with Gasteiger partial charge in [-0.15, -0.1) is 0 Å². The van der Waals surface area contributed by atoms with Gasteiger partial charge in [0.2, 0.25) is 0 Å². The van der Waals surface area contributed by atoms with E-state index in [1.165, 1.54) is 0 Å². The van der Waals surface area contributed by atoms with Crippen LogP contribution in [0.3, 0.4) is 0 Å². The molecule has 2 aromatic rings. The zero-order valence-electron chi connectivity index (χ0n) is 12.4. The summed E-state index contributed by atoms with van der Waals surface area (Å²) in [6.45, 7) is 0.945. The molecule has 0 saturated heterocycles. The second kappa shape index (κ2) is 7.33. The Morgan fingerprint density at radius 2 is 2.19 bits per heavy atom. The highest BCUT2D eigenvalue weighted by atomic mass is 32.2. The van der Waals surface area contributed by atoms with Crippen LogP contribution in [-0.4, -0.2) is 45.6 Å². The van der Waals surface area contributed by atoms with Crippen LogP contribution < -0.4 is 4.74 Å². The first-order valence-electron chi connectivity index (χ1n) is 6.49. The molecule has 0 fully saturated rings. The molecule has 0 bridgehead atoms. The Balaban J connectivity index is 2.30. The Kier molecular flexibility index (Phi) is 5.46. The van der Waals surface area contributed by atoms with E-state index in [2.05, 4.69) is 10.1 Å². The molecule has 2 heterocycles. The first-order chi connectivity index (χ1) is 10.2. The van der Waals surface area contributed by atoms with Crippen molar-refractivity contribution in [3.63, 3.8) is 0 Å². The molecule has 0 spiro atoms. The van der Waals surface area contributed by atoms with Gasteiger partial charge < -0.3 is 14.6 Å². The van der Waals surface area contributed by atoms with E-state index in [0.29, 0.717) is 18.9 Å². The number of hydrogen-bond donors (Lipinski definition) is 1. The molecule has 0 atom stereocenters. The lowest BCUT2D eigenvalue weighted by Gasteiger charge is -2.09. The van der Waals surface area contributed by atoms with Crippen molar-refractivity contribution in [1.29, 1.82) is 0 Å². The molecule has 0 aliphatic rings. The number of aryl methyl sites for hydroxylation is 1. The van der Waals surface area contributed by atoms with Crippen LogP contribution in [-0.2, 0) is 18.4 Å². The first kappa shape index (κ1) is 15.7. The molecule has 0 aliphatic carbocycles. The maximum absolute atomic E-state index is 9.82. The van der Waals surface area contributed by atoms with Crippen molar-refractivity contribution in [2.75, 3.05) is 25.7 Å². The molecule has 2 rings (SSSR count). The number of hydrogen-bond acceptors (Lipinski definition) is 6. The number of nitrogens with zero attached hydrogens (tertiary/aromatic N) is 3. The van der Waals surface area contributed by atoms with Gasteiger partial charge in [-0.2, -0.15) is 16.9 Å². The summed E-state index contributed by atoms with van der Waals surface area (Å²) in [5.74, 6) is 1.12. The SMILES string of the molecule is COCc1c(-c2ccc(O)c(OCCSC)n2)cnn1C. The number of ether oxygens (including phenoxy) is 2. The molecule has 0 unspecified atom stereocenters. The standard InChI is InChI=1S/C14H19N3O3S/c1-17-12(9-19-2)10(8-15-17)11-4-5-13(18)14(16-11)20-6-7-21-3/h4-5,8,18H,6-7,9H2,1-3H3. The summed E-state index contributed by atoms with van der Waals surface area (Å²) < 4.78 is 12.4. The minimum absolute atomic E-state index is 0.0389. The summed E-state index contributed by atoms with van der Waals surface area (Å²) >= 11 is 1.68. The summed E-state index contributed by atoms with van der Waals surface area (Å²) in [4.78, 5) is 4.38. The summed E-state index contributed by atoms with van der Waals surface area (Å²) in [6.07, 6.45) is 3.74. The van der Waals surface area contributed by atoms with E-state index in [1.807, 2.05) is 13.3 Å². The van der Waals surface area contributed by atoms with Crippen LogP contribution in [0.2, 0.25) is 0 Å². The Hall–Kier alpha value is -1.73. The van der Waals surface area contributed by atoms with Crippen LogP contribution in [0.1, 0.15) is 5.69 Å². The van der Waals surface area contributed by atoms with E-state index in [9.17, 15) is 5.11 Å². The molecule has 2 aromatic heterocycles. The van der Waals surface area contributed by atoms with Crippen molar-refractivity contribution in [2.24, 2.45) is 7.05 Å². The van der Waals surface area contributed by atoms with Crippen LogP contribution in [0.25, 0.3) is 11.3 Å². The topological polar surface area (TPSA) is 69.4 Å². The van der Waals surface area contributed by atoms with Crippen molar-refractivity contribution < 1.29 is 14.6 Å².